The number of imide groups is 2. The molecule has 0 spiro atoms. The number of nitrogens with one attached hydrogen (secondary N) is 2. The second-order valence-electron chi connectivity index (χ2n) is 12.5. The molecule has 1 aliphatic carbocycles. The fourth-order valence-corrected chi connectivity index (χ4v) is 6.71. The highest BCUT2D eigenvalue weighted by Crippen LogP contribution is 2.41. The number of aromatic nitrogens is 2. The van der Waals surface area contributed by atoms with Crippen LogP contribution in [0.2, 0.25) is 5.02 Å². The zero-order chi connectivity index (χ0) is 35.5. The smallest absolute Gasteiger partial charge is 0.369 e. The minimum atomic E-state index is -4.59. The lowest BCUT2D eigenvalue weighted by atomic mass is 9.76. The van der Waals surface area contributed by atoms with E-state index in [0.717, 1.165) is 23.1 Å². The first-order valence-electron chi connectivity index (χ1n) is 15.6. The number of carbonyl (C=O) groups is 5. The molecule has 16 heteroatoms. The van der Waals surface area contributed by atoms with Gasteiger partial charge < -0.3 is 10.2 Å². The molecule has 1 saturated carbocycles. The normalized spacial score (nSPS) is 19.9. The van der Waals surface area contributed by atoms with Crippen molar-refractivity contribution < 1.29 is 37.1 Å². The van der Waals surface area contributed by atoms with Gasteiger partial charge in [0.25, 0.3) is 17.7 Å². The molecule has 1 unspecified atom stereocenters. The van der Waals surface area contributed by atoms with Gasteiger partial charge in [-0.25, -0.2) is 0 Å². The molecule has 50 heavy (non-hydrogen) atoms. The van der Waals surface area contributed by atoms with Crippen molar-refractivity contribution in [1.82, 2.24) is 20.0 Å². The van der Waals surface area contributed by atoms with Crippen molar-refractivity contribution in [3.05, 3.63) is 75.6 Å². The van der Waals surface area contributed by atoms with E-state index in [0.29, 0.717) is 43.6 Å². The van der Waals surface area contributed by atoms with Crippen LogP contribution in [0.3, 0.4) is 0 Å². The van der Waals surface area contributed by atoms with E-state index in [1.165, 1.54) is 10.9 Å². The summed E-state index contributed by atoms with van der Waals surface area (Å²) in [5, 5.41) is 18.6. The van der Waals surface area contributed by atoms with Crippen molar-refractivity contribution in [2.45, 2.75) is 49.9 Å². The first kappa shape index (κ1) is 32.9. The summed E-state index contributed by atoms with van der Waals surface area (Å²) in [6.45, 7) is 0.974. The van der Waals surface area contributed by atoms with E-state index in [-0.39, 0.29) is 46.3 Å². The molecule has 4 aliphatic rings. The van der Waals surface area contributed by atoms with Crippen LogP contribution in [0, 0.1) is 29.1 Å². The summed E-state index contributed by atoms with van der Waals surface area (Å²) < 4.78 is 40.6. The zero-order valence-electron chi connectivity index (χ0n) is 25.9. The van der Waals surface area contributed by atoms with Gasteiger partial charge in [0.2, 0.25) is 11.8 Å². The van der Waals surface area contributed by atoms with Crippen LogP contribution in [0.15, 0.2) is 42.6 Å². The Hall–Kier alpha value is -5.67. The highest BCUT2D eigenvalue weighted by Gasteiger charge is 2.48. The van der Waals surface area contributed by atoms with Crippen molar-refractivity contribution >= 4 is 52.5 Å². The molecular formula is C34H25ClF3N7O5. The number of nitrogens with zero attached hydrogens (tertiary/aromatic N) is 5. The largest absolute Gasteiger partial charge is 0.416 e. The lowest BCUT2D eigenvalue weighted by molar-refractivity contribution is -0.138. The Morgan fingerprint density at radius 1 is 1.06 bits per heavy atom. The average molecular weight is 704 g/mol. The molecule has 3 aromatic rings. The molecule has 4 heterocycles. The number of anilines is 2. The molecule has 2 N–H and O–H groups in total. The third-order valence-electron chi connectivity index (χ3n) is 9.49. The van der Waals surface area contributed by atoms with E-state index in [4.69, 9.17) is 11.6 Å². The number of fused-ring (bicyclic) bond motifs is 1. The summed E-state index contributed by atoms with van der Waals surface area (Å²) in [7, 11) is 0. The second kappa shape index (κ2) is 12.0. The van der Waals surface area contributed by atoms with Gasteiger partial charge in [0.15, 0.2) is 5.69 Å². The number of hydrogen-bond acceptors (Lipinski definition) is 8. The Labute approximate surface area is 287 Å². The van der Waals surface area contributed by atoms with Crippen molar-refractivity contribution in [3.8, 4) is 17.9 Å². The van der Waals surface area contributed by atoms with Gasteiger partial charge in [0.05, 0.1) is 38.9 Å². The monoisotopic (exact) mass is 703 g/mol. The number of amides is 5. The van der Waals surface area contributed by atoms with E-state index in [1.807, 2.05) is 11.0 Å². The quantitative estimate of drug-likeness (QED) is 0.300. The molecule has 254 valence electrons. The average Bonchev–Trinajstić information content (AvgIpc) is 3.54. The summed E-state index contributed by atoms with van der Waals surface area (Å²) in [6.07, 6.45) is -1.53. The first-order chi connectivity index (χ1) is 23.8. The topological polar surface area (TPSA) is 157 Å². The predicted molar refractivity (Wildman–Crippen MR) is 170 cm³/mol. The molecule has 5 amide bonds. The third kappa shape index (κ3) is 5.53. The van der Waals surface area contributed by atoms with Crippen molar-refractivity contribution in [3.63, 3.8) is 0 Å². The molecule has 12 nitrogen and oxygen atoms in total. The summed E-state index contributed by atoms with van der Waals surface area (Å²) in [5.74, 6) is 3.16. The van der Waals surface area contributed by atoms with Gasteiger partial charge in [-0.2, -0.15) is 23.5 Å². The molecule has 2 aromatic carbocycles. The van der Waals surface area contributed by atoms with Crippen molar-refractivity contribution in [2.75, 3.05) is 23.3 Å². The second-order valence-corrected chi connectivity index (χ2v) is 12.9. The van der Waals surface area contributed by atoms with Gasteiger partial charge in [0.1, 0.15) is 17.6 Å². The van der Waals surface area contributed by atoms with Crippen LogP contribution < -0.4 is 15.5 Å². The lowest BCUT2D eigenvalue weighted by Gasteiger charge is -2.40. The lowest BCUT2D eigenvalue weighted by Crippen LogP contribution is -2.54. The van der Waals surface area contributed by atoms with E-state index < -0.39 is 52.9 Å². The van der Waals surface area contributed by atoms with Gasteiger partial charge in [-0.15, -0.1) is 0 Å². The number of piperidine rings is 1. The van der Waals surface area contributed by atoms with Crippen LogP contribution in [-0.4, -0.2) is 63.3 Å². The van der Waals surface area contributed by atoms with Crippen molar-refractivity contribution in [1.29, 1.82) is 5.26 Å². The van der Waals surface area contributed by atoms with Gasteiger partial charge in [-0.05, 0) is 62.1 Å². The third-order valence-corrected chi connectivity index (χ3v) is 9.80. The van der Waals surface area contributed by atoms with E-state index in [1.54, 1.807) is 18.2 Å². The van der Waals surface area contributed by atoms with Gasteiger partial charge in [0, 0.05) is 31.4 Å². The SMILES string of the molecule is N#Cc1nn(C2(C(=O)Nc3ccc(C(F)(F)F)cc3Cl)CCC2)cc1C#CC1CN(c2ccc3c(c2)C(=O)N(C2CCC(=O)NC2=O)C3=O)C1. The van der Waals surface area contributed by atoms with Crippen LogP contribution >= 0.6 is 11.6 Å². The fraction of sp³-hybridized carbons (Fsp3) is 0.324. The minimum absolute atomic E-state index is 0.0164. The Bertz CT molecular complexity index is 2120. The van der Waals surface area contributed by atoms with Crippen LogP contribution in [-0.2, 0) is 26.1 Å². The molecule has 3 fully saturated rings. The number of alkyl halides is 3. The van der Waals surface area contributed by atoms with Gasteiger partial charge >= 0.3 is 6.18 Å². The number of benzene rings is 2. The van der Waals surface area contributed by atoms with E-state index >= 15 is 0 Å². The zero-order valence-corrected chi connectivity index (χ0v) is 26.7. The minimum Gasteiger partial charge on any atom is -0.369 e. The molecule has 1 atom stereocenters. The highest BCUT2D eigenvalue weighted by atomic mass is 35.5. The Morgan fingerprint density at radius 3 is 2.44 bits per heavy atom. The highest BCUT2D eigenvalue weighted by molar-refractivity contribution is 6.33. The number of halogens is 4. The Balaban J connectivity index is 1.02. The first-order valence-corrected chi connectivity index (χ1v) is 16.0. The molecule has 7 rings (SSSR count). The summed E-state index contributed by atoms with van der Waals surface area (Å²) in [5.41, 5.74) is -0.733. The maximum absolute atomic E-state index is 13.4. The number of carbonyl (C=O) groups excluding carboxylic acids is 5. The van der Waals surface area contributed by atoms with E-state index in [2.05, 4.69) is 27.6 Å². The predicted octanol–water partition coefficient (Wildman–Crippen LogP) is 3.83. The number of hydrogen-bond donors (Lipinski definition) is 2. The van der Waals surface area contributed by atoms with Crippen LogP contribution in [0.5, 0.6) is 0 Å². The summed E-state index contributed by atoms with van der Waals surface area (Å²) >= 11 is 6.05. The molecule has 2 saturated heterocycles. The van der Waals surface area contributed by atoms with Gasteiger partial charge in [-0.1, -0.05) is 23.4 Å². The molecule has 0 radical (unpaired) electrons. The summed E-state index contributed by atoms with van der Waals surface area (Å²) in [6, 6.07) is 8.46. The number of rotatable bonds is 5. The van der Waals surface area contributed by atoms with Crippen LogP contribution in [0.1, 0.15) is 69.6 Å². The van der Waals surface area contributed by atoms with Gasteiger partial charge in [-0.3, -0.25) is 38.9 Å². The fourth-order valence-electron chi connectivity index (χ4n) is 6.49. The molecule has 1 aromatic heterocycles. The summed E-state index contributed by atoms with van der Waals surface area (Å²) in [4.78, 5) is 66.4. The Kier molecular flexibility index (Phi) is 7.91. The van der Waals surface area contributed by atoms with Crippen LogP contribution in [0.25, 0.3) is 0 Å². The molecule has 3 aliphatic heterocycles. The van der Waals surface area contributed by atoms with E-state index in [9.17, 15) is 42.4 Å². The maximum Gasteiger partial charge on any atom is 0.416 e. The number of nitriles is 1. The molecular weight excluding hydrogens is 679 g/mol. The van der Waals surface area contributed by atoms with Crippen LogP contribution in [0.4, 0.5) is 24.5 Å². The maximum atomic E-state index is 13.4. The standard InChI is InChI=1S/C34H25ClF3N7O5/c35-24-12-20(34(36,37)38)4-7-25(24)40-32(50)33(10-1-11-33)44-17-19(26(14-39)42-44)3-2-18-15-43(16-18)21-5-6-22-23(13-21)31(49)45(30(22)48)27-8-9-28(46)41-29(27)47/h4-7,12-13,17-18,27H,1,8-11,15-16H2,(H,40,50)(H,41,46,47). The Morgan fingerprint density at radius 2 is 1.80 bits per heavy atom. The van der Waals surface area contributed by atoms with Crippen molar-refractivity contribution in [2.24, 2.45) is 5.92 Å². The molecule has 0 bridgehead atoms.